The molecule has 0 bridgehead atoms. The van der Waals surface area contributed by atoms with Gasteiger partial charge in [0.2, 0.25) is 0 Å². The highest BCUT2D eigenvalue weighted by molar-refractivity contribution is 7.18. The molecule has 0 saturated carbocycles. The fourth-order valence-electron chi connectivity index (χ4n) is 1.80. The average molecular weight is 250 g/mol. The van der Waals surface area contributed by atoms with Crippen LogP contribution in [0.5, 0.6) is 0 Å². The van der Waals surface area contributed by atoms with Gasteiger partial charge in [0.15, 0.2) is 0 Å². The van der Waals surface area contributed by atoms with E-state index in [2.05, 4.69) is 30.2 Å². The van der Waals surface area contributed by atoms with E-state index in [1.165, 1.54) is 4.70 Å². The summed E-state index contributed by atoms with van der Waals surface area (Å²) in [7, 11) is 0. The van der Waals surface area contributed by atoms with Gasteiger partial charge in [0, 0.05) is 6.04 Å². The summed E-state index contributed by atoms with van der Waals surface area (Å²) in [6.45, 7) is 4.33. The summed E-state index contributed by atoms with van der Waals surface area (Å²) in [4.78, 5) is 4.61. The van der Waals surface area contributed by atoms with Crippen molar-refractivity contribution in [2.45, 2.75) is 32.4 Å². The van der Waals surface area contributed by atoms with E-state index < -0.39 is 0 Å². The molecule has 0 saturated heterocycles. The second kappa shape index (κ2) is 5.58. The van der Waals surface area contributed by atoms with E-state index in [1.807, 2.05) is 18.2 Å². The van der Waals surface area contributed by atoms with Crippen LogP contribution in [0.1, 0.15) is 31.3 Å². The Bertz CT molecular complexity index is 446. The van der Waals surface area contributed by atoms with Crippen LogP contribution in [-0.2, 0) is 0 Å². The number of nitrogens with one attached hydrogen (secondary N) is 1. The summed E-state index contributed by atoms with van der Waals surface area (Å²) in [6.07, 6.45) is 0.922. The standard InChI is InChI=1S/C13H18N2OS/c1-3-10(8-16)14-9(2)13-15-11-6-4-5-7-12(11)17-13/h4-7,9-10,14,16H,3,8H2,1-2H3/t9?,10-/m1/s1. The average Bonchev–Trinajstić information content (AvgIpc) is 2.79. The van der Waals surface area contributed by atoms with Crippen LogP contribution in [0, 0.1) is 0 Å². The van der Waals surface area contributed by atoms with Crippen molar-refractivity contribution >= 4 is 21.6 Å². The number of aromatic nitrogens is 1. The first kappa shape index (κ1) is 12.5. The van der Waals surface area contributed by atoms with Crippen molar-refractivity contribution in [3.8, 4) is 0 Å². The number of aliphatic hydroxyl groups excluding tert-OH is 1. The van der Waals surface area contributed by atoms with E-state index in [0.717, 1.165) is 16.9 Å². The van der Waals surface area contributed by atoms with Crippen molar-refractivity contribution in [3.63, 3.8) is 0 Å². The van der Waals surface area contributed by atoms with Gasteiger partial charge in [-0.3, -0.25) is 0 Å². The fourth-order valence-corrected chi connectivity index (χ4v) is 2.78. The smallest absolute Gasteiger partial charge is 0.111 e. The highest BCUT2D eigenvalue weighted by Crippen LogP contribution is 2.26. The van der Waals surface area contributed by atoms with Crippen molar-refractivity contribution in [1.82, 2.24) is 10.3 Å². The van der Waals surface area contributed by atoms with E-state index >= 15 is 0 Å². The van der Waals surface area contributed by atoms with Crippen molar-refractivity contribution in [2.75, 3.05) is 6.61 Å². The SMILES string of the molecule is CC[C@H](CO)NC(C)c1nc2ccccc2s1. The molecule has 2 aromatic rings. The van der Waals surface area contributed by atoms with Crippen LogP contribution in [0.15, 0.2) is 24.3 Å². The number of rotatable bonds is 5. The number of para-hydroxylation sites is 1. The Morgan fingerprint density at radius 3 is 2.82 bits per heavy atom. The van der Waals surface area contributed by atoms with E-state index in [9.17, 15) is 5.11 Å². The number of thiazole rings is 1. The summed E-state index contributed by atoms with van der Waals surface area (Å²) in [6, 6.07) is 8.50. The largest absolute Gasteiger partial charge is 0.395 e. The van der Waals surface area contributed by atoms with Gasteiger partial charge in [-0.2, -0.15) is 0 Å². The monoisotopic (exact) mass is 250 g/mol. The Labute approximate surface area is 106 Å². The van der Waals surface area contributed by atoms with Crippen LogP contribution in [0.25, 0.3) is 10.2 Å². The van der Waals surface area contributed by atoms with Crippen LogP contribution in [0.3, 0.4) is 0 Å². The van der Waals surface area contributed by atoms with Gasteiger partial charge < -0.3 is 10.4 Å². The minimum Gasteiger partial charge on any atom is -0.395 e. The number of benzene rings is 1. The molecule has 2 N–H and O–H groups in total. The Kier molecular flexibility index (Phi) is 4.10. The van der Waals surface area contributed by atoms with Crippen molar-refractivity contribution in [2.24, 2.45) is 0 Å². The van der Waals surface area contributed by atoms with E-state index in [-0.39, 0.29) is 18.7 Å². The molecule has 1 heterocycles. The molecule has 0 fully saturated rings. The number of nitrogens with zero attached hydrogens (tertiary/aromatic N) is 1. The first-order valence-electron chi connectivity index (χ1n) is 5.97. The molecule has 1 aromatic heterocycles. The van der Waals surface area contributed by atoms with Gasteiger partial charge >= 0.3 is 0 Å². The number of aliphatic hydroxyl groups is 1. The lowest BCUT2D eigenvalue weighted by atomic mass is 10.2. The Hall–Kier alpha value is -0.970. The molecular formula is C13H18N2OS. The van der Waals surface area contributed by atoms with E-state index in [0.29, 0.717) is 0 Å². The van der Waals surface area contributed by atoms with Crippen molar-refractivity contribution in [1.29, 1.82) is 0 Å². The Morgan fingerprint density at radius 2 is 2.18 bits per heavy atom. The van der Waals surface area contributed by atoms with Crippen LogP contribution in [-0.4, -0.2) is 22.7 Å². The molecule has 0 aliphatic heterocycles. The molecule has 0 aliphatic carbocycles. The fraction of sp³-hybridized carbons (Fsp3) is 0.462. The molecular weight excluding hydrogens is 232 g/mol. The summed E-state index contributed by atoms with van der Waals surface area (Å²) in [5.74, 6) is 0. The van der Waals surface area contributed by atoms with Crippen LogP contribution >= 0.6 is 11.3 Å². The van der Waals surface area contributed by atoms with Crippen LogP contribution in [0.2, 0.25) is 0 Å². The third-order valence-corrected chi connectivity index (χ3v) is 4.10. The van der Waals surface area contributed by atoms with Crippen LogP contribution < -0.4 is 5.32 Å². The Balaban J connectivity index is 2.15. The predicted molar refractivity (Wildman–Crippen MR) is 72.3 cm³/mol. The lowest BCUT2D eigenvalue weighted by Gasteiger charge is -2.18. The summed E-state index contributed by atoms with van der Waals surface area (Å²) < 4.78 is 1.22. The molecule has 4 heteroatoms. The van der Waals surface area contributed by atoms with Crippen LogP contribution in [0.4, 0.5) is 0 Å². The first-order valence-corrected chi connectivity index (χ1v) is 6.78. The molecule has 0 amide bonds. The van der Waals surface area contributed by atoms with E-state index in [4.69, 9.17) is 0 Å². The highest BCUT2D eigenvalue weighted by Gasteiger charge is 2.14. The third kappa shape index (κ3) is 2.83. The lowest BCUT2D eigenvalue weighted by molar-refractivity contribution is 0.230. The third-order valence-electron chi connectivity index (χ3n) is 2.88. The minimum atomic E-state index is 0.150. The molecule has 1 aromatic carbocycles. The molecule has 92 valence electrons. The molecule has 0 radical (unpaired) electrons. The second-order valence-electron chi connectivity index (χ2n) is 4.20. The van der Waals surface area contributed by atoms with Gasteiger partial charge in [0.25, 0.3) is 0 Å². The molecule has 0 aliphatic rings. The predicted octanol–water partition coefficient (Wildman–Crippen LogP) is 2.72. The highest BCUT2D eigenvalue weighted by atomic mass is 32.1. The maximum atomic E-state index is 9.18. The van der Waals surface area contributed by atoms with Gasteiger partial charge in [-0.05, 0) is 25.5 Å². The van der Waals surface area contributed by atoms with Crippen molar-refractivity contribution < 1.29 is 5.11 Å². The molecule has 3 nitrogen and oxygen atoms in total. The molecule has 0 spiro atoms. The quantitative estimate of drug-likeness (QED) is 0.857. The normalized spacial score (nSPS) is 15.0. The molecule has 17 heavy (non-hydrogen) atoms. The van der Waals surface area contributed by atoms with Gasteiger partial charge in [0.05, 0.1) is 22.9 Å². The van der Waals surface area contributed by atoms with Gasteiger partial charge in [-0.1, -0.05) is 19.1 Å². The maximum absolute atomic E-state index is 9.18. The summed E-state index contributed by atoms with van der Waals surface area (Å²) in [5.41, 5.74) is 1.05. The van der Waals surface area contributed by atoms with Gasteiger partial charge in [-0.15, -0.1) is 11.3 Å². The zero-order chi connectivity index (χ0) is 12.3. The number of hydrogen-bond donors (Lipinski definition) is 2. The molecule has 2 rings (SSSR count). The first-order chi connectivity index (χ1) is 8.24. The molecule has 1 unspecified atom stereocenters. The van der Waals surface area contributed by atoms with Gasteiger partial charge in [-0.25, -0.2) is 4.98 Å². The minimum absolute atomic E-state index is 0.150. The number of fused-ring (bicyclic) bond motifs is 1. The maximum Gasteiger partial charge on any atom is 0.111 e. The summed E-state index contributed by atoms with van der Waals surface area (Å²) in [5, 5.41) is 13.7. The van der Waals surface area contributed by atoms with E-state index in [1.54, 1.807) is 11.3 Å². The zero-order valence-corrected chi connectivity index (χ0v) is 11.0. The lowest BCUT2D eigenvalue weighted by Crippen LogP contribution is -2.33. The van der Waals surface area contributed by atoms with Crippen molar-refractivity contribution in [3.05, 3.63) is 29.3 Å². The summed E-state index contributed by atoms with van der Waals surface area (Å²) >= 11 is 1.71. The Morgan fingerprint density at radius 1 is 1.41 bits per heavy atom. The number of hydrogen-bond acceptors (Lipinski definition) is 4. The van der Waals surface area contributed by atoms with Gasteiger partial charge in [0.1, 0.15) is 5.01 Å². The molecule has 2 atom stereocenters. The second-order valence-corrected chi connectivity index (χ2v) is 5.26. The topological polar surface area (TPSA) is 45.1 Å². The zero-order valence-electron chi connectivity index (χ0n) is 10.2.